The highest BCUT2D eigenvalue weighted by molar-refractivity contribution is 7.80. The molecule has 0 atom stereocenters. The van der Waals surface area contributed by atoms with Gasteiger partial charge in [0.15, 0.2) is 0 Å². The van der Waals surface area contributed by atoms with Crippen molar-refractivity contribution in [3.63, 3.8) is 0 Å². The van der Waals surface area contributed by atoms with Gasteiger partial charge in [-0.15, -0.1) is 25.3 Å². The van der Waals surface area contributed by atoms with Gasteiger partial charge in [-0.3, -0.25) is 0 Å². The van der Waals surface area contributed by atoms with Crippen LogP contribution in [0, 0.1) is 13.8 Å². The third kappa shape index (κ3) is 15.9. The van der Waals surface area contributed by atoms with Crippen molar-refractivity contribution < 1.29 is 0 Å². The predicted octanol–water partition coefficient (Wildman–Crippen LogP) is 6.45. The molecule has 2 rings (SSSR count). The molecule has 0 aliphatic heterocycles. The summed E-state index contributed by atoms with van der Waals surface area (Å²) >= 11 is 9.14. The molecule has 6 heteroatoms. The molecular formula is C31H52N4S2. The second kappa shape index (κ2) is 20.9. The minimum absolute atomic E-state index is 0.909. The maximum Gasteiger partial charge on any atom is 0.0216 e. The zero-order chi connectivity index (χ0) is 26.6. The number of benzene rings is 2. The van der Waals surface area contributed by atoms with Gasteiger partial charge < -0.3 is 21.3 Å². The van der Waals surface area contributed by atoms with Gasteiger partial charge in [0, 0.05) is 22.9 Å². The van der Waals surface area contributed by atoms with Gasteiger partial charge in [-0.05, 0) is 115 Å². The van der Waals surface area contributed by atoms with Crippen LogP contribution in [0.15, 0.2) is 46.2 Å². The van der Waals surface area contributed by atoms with E-state index in [4.69, 9.17) is 0 Å². The van der Waals surface area contributed by atoms with Gasteiger partial charge in [0.25, 0.3) is 0 Å². The maximum absolute atomic E-state index is 4.57. The van der Waals surface area contributed by atoms with Gasteiger partial charge in [-0.2, -0.15) is 0 Å². The molecule has 0 spiro atoms. The van der Waals surface area contributed by atoms with E-state index >= 15 is 0 Å². The Morgan fingerprint density at radius 3 is 1.16 bits per heavy atom. The molecule has 0 fully saturated rings. The molecule has 0 saturated heterocycles. The quantitative estimate of drug-likeness (QED) is 0.0762. The summed E-state index contributed by atoms with van der Waals surface area (Å²) in [5.74, 6) is 0. The summed E-state index contributed by atoms with van der Waals surface area (Å²) in [4.78, 5) is 2.18. The van der Waals surface area contributed by atoms with Gasteiger partial charge in [0.1, 0.15) is 0 Å². The molecule has 0 bridgehead atoms. The van der Waals surface area contributed by atoms with E-state index in [1.165, 1.54) is 80.0 Å². The number of nitrogens with one attached hydrogen (secondary N) is 4. The molecule has 0 radical (unpaired) electrons. The number of aryl methyl sites for hydroxylation is 2. The standard InChI is InChI=1S/C31H52N4S2/c1-26-12-14-28(30(36)22-26)24-34-20-10-8-18-32-16-6-4-3-5-7-17-33-19-9-11-21-35-25-29-15-13-27(2)23-31(29)37/h12-15,22-23,32-37H,3-11,16-21,24-25H2,1-2H3. The zero-order valence-electron chi connectivity index (χ0n) is 23.4. The van der Waals surface area contributed by atoms with E-state index in [2.05, 4.69) is 96.8 Å². The third-order valence-electron chi connectivity index (χ3n) is 6.73. The van der Waals surface area contributed by atoms with Gasteiger partial charge in [0.05, 0.1) is 0 Å². The first kappa shape index (κ1) is 32.2. The Kier molecular flexibility index (Phi) is 18.2. The van der Waals surface area contributed by atoms with Crippen molar-refractivity contribution in [1.29, 1.82) is 0 Å². The molecule has 37 heavy (non-hydrogen) atoms. The Labute approximate surface area is 238 Å². The molecule has 0 saturated carbocycles. The zero-order valence-corrected chi connectivity index (χ0v) is 25.2. The van der Waals surface area contributed by atoms with Crippen LogP contribution >= 0.6 is 25.3 Å². The Bertz CT molecular complexity index is 790. The lowest BCUT2D eigenvalue weighted by Gasteiger charge is -2.09. The van der Waals surface area contributed by atoms with Crippen molar-refractivity contribution in [2.75, 3.05) is 39.3 Å². The van der Waals surface area contributed by atoms with Crippen LogP contribution in [0.25, 0.3) is 0 Å². The lowest BCUT2D eigenvalue weighted by molar-refractivity contribution is 0.533. The fourth-order valence-corrected chi connectivity index (χ4v) is 5.09. The van der Waals surface area contributed by atoms with Crippen molar-refractivity contribution in [2.45, 2.75) is 94.5 Å². The highest BCUT2D eigenvalue weighted by Crippen LogP contribution is 2.16. The van der Waals surface area contributed by atoms with Crippen molar-refractivity contribution in [3.05, 3.63) is 58.7 Å². The monoisotopic (exact) mass is 544 g/mol. The molecule has 4 nitrogen and oxygen atoms in total. The second-order valence-corrected chi connectivity index (χ2v) is 11.3. The lowest BCUT2D eigenvalue weighted by atomic mass is 10.1. The minimum Gasteiger partial charge on any atom is -0.317 e. The van der Waals surface area contributed by atoms with Crippen LogP contribution in [0.3, 0.4) is 0 Å². The topological polar surface area (TPSA) is 48.1 Å². The normalized spacial score (nSPS) is 11.4. The maximum atomic E-state index is 4.57. The molecule has 0 aromatic heterocycles. The Morgan fingerprint density at radius 1 is 0.459 bits per heavy atom. The van der Waals surface area contributed by atoms with Crippen LogP contribution in [0.2, 0.25) is 0 Å². The van der Waals surface area contributed by atoms with Crippen molar-refractivity contribution in [2.24, 2.45) is 0 Å². The third-order valence-corrected chi connectivity index (χ3v) is 7.57. The number of hydrogen-bond acceptors (Lipinski definition) is 6. The van der Waals surface area contributed by atoms with E-state index in [9.17, 15) is 0 Å². The van der Waals surface area contributed by atoms with Gasteiger partial charge in [0.2, 0.25) is 0 Å². The highest BCUT2D eigenvalue weighted by Gasteiger charge is 2.00. The van der Waals surface area contributed by atoms with Crippen LogP contribution in [-0.4, -0.2) is 39.3 Å². The molecule has 0 amide bonds. The number of hydrogen-bond donors (Lipinski definition) is 6. The average molecular weight is 545 g/mol. The van der Waals surface area contributed by atoms with E-state index in [1.54, 1.807) is 0 Å². The second-order valence-electron chi connectivity index (χ2n) is 10.3. The first-order chi connectivity index (χ1) is 18.1. The van der Waals surface area contributed by atoms with Crippen molar-refractivity contribution >= 4 is 25.3 Å². The minimum atomic E-state index is 0.909. The van der Waals surface area contributed by atoms with E-state index in [1.807, 2.05) is 0 Å². The molecule has 0 aliphatic rings. The van der Waals surface area contributed by atoms with Crippen molar-refractivity contribution in [1.82, 2.24) is 21.3 Å². The van der Waals surface area contributed by atoms with E-state index < -0.39 is 0 Å². The van der Waals surface area contributed by atoms with E-state index in [0.717, 1.165) is 62.1 Å². The molecular weight excluding hydrogens is 493 g/mol. The largest absolute Gasteiger partial charge is 0.317 e. The molecule has 2 aromatic carbocycles. The number of rotatable bonds is 22. The Balaban J connectivity index is 1.25. The summed E-state index contributed by atoms with van der Waals surface area (Å²) in [6, 6.07) is 12.9. The SMILES string of the molecule is Cc1ccc(CNCCCCNCCCCCCCNCCCCNCc2ccc(C)cc2S)c(S)c1. The highest BCUT2D eigenvalue weighted by atomic mass is 32.1. The van der Waals surface area contributed by atoms with Crippen molar-refractivity contribution in [3.8, 4) is 0 Å². The first-order valence-corrected chi connectivity index (χ1v) is 15.4. The Morgan fingerprint density at radius 2 is 0.784 bits per heavy atom. The number of unbranched alkanes of at least 4 members (excludes halogenated alkanes) is 6. The van der Waals surface area contributed by atoms with Crippen LogP contribution < -0.4 is 21.3 Å². The fraction of sp³-hybridized carbons (Fsp3) is 0.613. The summed E-state index contributed by atoms with van der Waals surface area (Å²) in [5, 5.41) is 14.3. The first-order valence-electron chi connectivity index (χ1n) is 14.5. The molecule has 0 heterocycles. The summed E-state index contributed by atoms with van der Waals surface area (Å²) in [5.41, 5.74) is 5.11. The van der Waals surface area contributed by atoms with Crippen LogP contribution in [-0.2, 0) is 13.1 Å². The predicted molar refractivity (Wildman–Crippen MR) is 168 cm³/mol. The Hall–Kier alpha value is -1.02. The van der Waals surface area contributed by atoms with E-state index in [0.29, 0.717) is 0 Å². The average Bonchev–Trinajstić information content (AvgIpc) is 2.87. The lowest BCUT2D eigenvalue weighted by Crippen LogP contribution is -2.20. The van der Waals surface area contributed by atoms with Crippen LogP contribution in [0.4, 0.5) is 0 Å². The molecule has 0 aliphatic carbocycles. The molecule has 4 N–H and O–H groups in total. The van der Waals surface area contributed by atoms with Crippen LogP contribution in [0.1, 0.15) is 80.0 Å². The smallest absolute Gasteiger partial charge is 0.0216 e. The molecule has 0 unspecified atom stereocenters. The fourth-order valence-electron chi connectivity index (χ4n) is 4.37. The van der Waals surface area contributed by atoms with Crippen LogP contribution in [0.5, 0.6) is 0 Å². The van der Waals surface area contributed by atoms with Gasteiger partial charge in [-0.1, -0.05) is 54.7 Å². The summed E-state index contributed by atoms with van der Waals surface area (Å²) in [6.07, 6.45) is 11.6. The van der Waals surface area contributed by atoms with Gasteiger partial charge in [-0.25, -0.2) is 0 Å². The van der Waals surface area contributed by atoms with Gasteiger partial charge >= 0.3 is 0 Å². The number of thiol groups is 2. The van der Waals surface area contributed by atoms with E-state index in [-0.39, 0.29) is 0 Å². The molecule has 208 valence electrons. The molecule has 2 aromatic rings. The summed E-state index contributed by atoms with van der Waals surface area (Å²) < 4.78 is 0. The summed E-state index contributed by atoms with van der Waals surface area (Å²) in [6.45, 7) is 12.7. The summed E-state index contributed by atoms with van der Waals surface area (Å²) in [7, 11) is 0.